The summed E-state index contributed by atoms with van der Waals surface area (Å²) in [5.41, 5.74) is 1.57. The Morgan fingerprint density at radius 1 is 1.44 bits per heavy atom. The molecule has 5 atom stereocenters. The van der Waals surface area contributed by atoms with Gasteiger partial charge in [-0.2, -0.15) is 0 Å². The van der Waals surface area contributed by atoms with Gasteiger partial charge in [0.2, 0.25) is 6.29 Å². The molecule has 2 bridgehead atoms. The summed E-state index contributed by atoms with van der Waals surface area (Å²) in [5.74, 6) is 1.51. The number of aliphatic hydroxyl groups excluding tert-OH is 1. The van der Waals surface area contributed by atoms with Gasteiger partial charge in [-0.15, -0.1) is 0 Å². The Hall–Kier alpha value is -1.85. The van der Waals surface area contributed by atoms with Crippen molar-refractivity contribution in [2.24, 2.45) is 5.92 Å². The number of nitrogens with zero attached hydrogens (tertiary/aromatic N) is 1. The van der Waals surface area contributed by atoms with Crippen LogP contribution in [-0.4, -0.2) is 54.7 Å². The monoisotopic (exact) mass is 340 g/mol. The van der Waals surface area contributed by atoms with Crippen LogP contribution in [0.3, 0.4) is 0 Å². The molecular formula is C20H22NO4. The third-order valence-electron chi connectivity index (χ3n) is 7.22. The standard InChI is InChI=1S/C20H22NO4/c1-19-16(23)5-4-13-14-9-12-11(10-22)8-15(24-3)18(25-19)17(12)20(13,19)6-7-21(14)2/h4-5,8,13-14,16,23H,6-7,9H2,1-3H3/t13-,14+,16-,19-,20-/m0/s1. The lowest BCUT2D eigenvalue weighted by Gasteiger charge is -2.60. The predicted molar refractivity (Wildman–Crippen MR) is 91.9 cm³/mol. The van der Waals surface area contributed by atoms with Gasteiger partial charge >= 0.3 is 0 Å². The van der Waals surface area contributed by atoms with E-state index in [4.69, 9.17) is 9.47 Å². The molecule has 0 amide bonds. The van der Waals surface area contributed by atoms with Gasteiger partial charge in [0, 0.05) is 23.1 Å². The number of hydrogen-bond donors (Lipinski definition) is 1. The molecule has 1 N–H and O–H groups in total. The topological polar surface area (TPSA) is 59.0 Å². The number of likely N-dealkylation sites (tertiary alicyclic amines) is 1. The number of rotatable bonds is 2. The van der Waals surface area contributed by atoms with Crippen LogP contribution in [-0.2, 0) is 16.6 Å². The van der Waals surface area contributed by atoms with E-state index in [0.717, 1.165) is 30.5 Å². The van der Waals surface area contributed by atoms with E-state index < -0.39 is 11.7 Å². The third-order valence-corrected chi connectivity index (χ3v) is 7.22. The molecule has 0 aromatic heterocycles. The summed E-state index contributed by atoms with van der Waals surface area (Å²) in [6.07, 6.45) is 7.14. The predicted octanol–water partition coefficient (Wildman–Crippen LogP) is 1.35. The minimum Gasteiger partial charge on any atom is -0.493 e. The van der Waals surface area contributed by atoms with Gasteiger partial charge in [-0.05, 0) is 45.0 Å². The number of ether oxygens (including phenoxy) is 2. The molecule has 1 aromatic rings. The summed E-state index contributed by atoms with van der Waals surface area (Å²) >= 11 is 0. The summed E-state index contributed by atoms with van der Waals surface area (Å²) in [6, 6.07) is 2.02. The maximum Gasteiger partial charge on any atom is 0.233 e. The fourth-order valence-corrected chi connectivity index (χ4v) is 5.93. The van der Waals surface area contributed by atoms with Crippen molar-refractivity contribution >= 4 is 6.29 Å². The Balaban J connectivity index is 1.90. The van der Waals surface area contributed by atoms with Crippen LogP contribution in [0.4, 0.5) is 0 Å². The summed E-state index contributed by atoms with van der Waals surface area (Å²) in [7, 11) is 3.73. The lowest BCUT2D eigenvalue weighted by Crippen LogP contribution is -2.70. The van der Waals surface area contributed by atoms with Crippen molar-refractivity contribution in [1.29, 1.82) is 0 Å². The molecule has 1 spiro atoms. The van der Waals surface area contributed by atoms with Crippen LogP contribution in [0.5, 0.6) is 11.5 Å². The lowest BCUT2D eigenvalue weighted by molar-refractivity contribution is -0.110. The first-order chi connectivity index (χ1) is 12.0. The molecule has 131 valence electrons. The van der Waals surface area contributed by atoms with E-state index in [0.29, 0.717) is 23.1 Å². The van der Waals surface area contributed by atoms with Crippen molar-refractivity contribution < 1.29 is 19.4 Å². The largest absolute Gasteiger partial charge is 0.493 e. The Morgan fingerprint density at radius 3 is 2.96 bits per heavy atom. The molecule has 2 heterocycles. The zero-order valence-electron chi connectivity index (χ0n) is 14.7. The van der Waals surface area contributed by atoms with Crippen LogP contribution in [0.2, 0.25) is 0 Å². The van der Waals surface area contributed by atoms with Crippen molar-refractivity contribution in [1.82, 2.24) is 4.90 Å². The number of aliphatic hydroxyl groups is 1. The second-order valence-electron chi connectivity index (χ2n) is 7.95. The van der Waals surface area contributed by atoms with Crippen LogP contribution in [0, 0.1) is 5.92 Å². The maximum atomic E-state index is 11.7. The number of hydrogen-bond acceptors (Lipinski definition) is 5. The van der Waals surface area contributed by atoms with Crippen molar-refractivity contribution in [3.63, 3.8) is 0 Å². The highest BCUT2D eigenvalue weighted by atomic mass is 16.5. The molecule has 25 heavy (non-hydrogen) atoms. The van der Waals surface area contributed by atoms with Crippen molar-refractivity contribution in [3.05, 3.63) is 34.9 Å². The van der Waals surface area contributed by atoms with Gasteiger partial charge < -0.3 is 19.5 Å². The Bertz CT molecular complexity index is 818. The first-order valence-corrected chi connectivity index (χ1v) is 8.86. The van der Waals surface area contributed by atoms with Crippen LogP contribution in [0.1, 0.15) is 30.0 Å². The number of carbonyl (C=O) groups excluding carboxylic acids is 1. The zero-order chi connectivity index (χ0) is 17.6. The smallest absolute Gasteiger partial charge is 0.233 e. The van der Waals surface area contributed by atoms with E-state index in [1.54, 1.807) is 13.2 Å². The molecule has 0 saturated carbocycles. The number of piperidine rings is 1. The molecular weight excluding hydrogens is 318 g/mol. The van der Waals surface area contributed by atoms with Gasteiger partial charge in [-0.1, -0.05) is 12.2 Å². The third kappa shape index (κ3) is 1.51. The van der Waals surface area contributed by atoms with Gasteiger partial charge in [0.15, 0.2) is 11.5 Å². The van der Waals surface area contributed by atoms with Crippen molar-refractivity contribution in [3.8, 4) is 11.5 Å². The molecule has 5 heteroatoms. The van der Waals surface area contributed by atoms with E-state index in [2.05, 4.69) is 24.3 Å². The van der Waals surface area contributed by atoms with Crippen molar-refractivity contribution in [2.75, 3.05) is 20.7 Å². The normalized spacial score (nSPS) is 40.4. The van der Waals surface area contributed by atoms with Crippen molar-refractivity contribution in [2.45, 2.75) is 42.9 Å². The van der Waals surface area contributed by atoms with Gasteiger partial charge in [-0.3, -0.25) is 4.79 Å². The SMILES string of the molecule is COc1cc([C]=O)c2c3c1O[C@@]1(C)[C@@H](O)C=C[C@H]4[C@@H](C2)N(C)CC[C@@]341. The first-order valence-electron chi connectivity index (χ1n) is 8.86. The van der Waals surface area contributed by atoms with Crippen LogP contribution in [0.25, 0.3) is 0 Å². The molecule has 0 unspecified atom stereocenters. The number of benzene rings is 1. The van der Waals surface area contributed by atoms with E-state index in [9.17, 15) is 9.90 Å². The van der Waals surface area contributed by atoms with Crippen LogP contribution in [0.15, 0.2) is 18.2 Å². The fourth-order valence-electron chi connectivity index (χ4n) is 5.93. The van der Waals surface area contributed by atoms with Crippen LogP contribution < -0.4 is 9.47 Å². The number of methoxy groups -OCH3 is 1. The summed E-state index contributed by atoms with van der Waals surface area (Å²) in [4.78, 5) is 14.0. The fraction of sp³-hybridized carbons (Fsp3) is 0.550. The molecule has 5 rings (SSSR count). The Kier molecular flexibility index (Phi) is 2.87. The molecule has 2 aliphatic carbocycles. The minimum atomic E-state index is -0.752. The van der Waals surface area contributed by atoms with Gasteiger partial charge in [0.05, 0.1) is 12.5 Å². The van der Waals surface area contributed by atoms with Crippen LogP contribution >= 0.6 is 0 Å². The summed E-state index contributed by atoms with van der Waals surface area (Å²) < 4.78 is 12.0. The maximum absolute atomic E-state index is 11.7. The Morgan fingerprint density at radius 2 is 2.24 bits per heavy atom. The summed E-state index contributed by atoms with van der Waals surface area (Å²) in [6.45, 7) is 2.95. The lowest BCUT2D eigenvalue weighted by atomic mass is 9.49. The number of likely N-dealkylation sites (N-methyl/N-ethyl adjacent to an activating group) is 1. The minimum absolute atomic E-state index is 0.250. The van der Waals surface area contributed by atoms with E-state index in [1.807, 2.05) is 13.0 Å². The van der Waals surface area contributed by atoms with E-state index in [1.165, 1.54) is 0 Å². The van der Waals surface area contributed by atoms with Gasteiger partial charge in [0.25, 0.3) is 0 Å². The van der Waals surface area contributed by atoms with E-state index in [-0.39, 0.29) is 11.3 Å². The quantitative estimate of drug-likeness (QED) is 0.824. The molecule has 1 fully saturated rings. The average Bonchev–Trinajstić information content (AvgIpc) is 2.89. The highest BCUT2D eigenvalue weighted by molar-refractivity contribution is 5.83. The second-order valence-corrected chi connectivity index (χ2v) is 7.95. The molecule has 1 radical (unpaired) electrons. The van der Waals surface area contributed by atoms with Gasteiger partial charge in [0.1, 0.15) is 11.7 Å². The highest BCUT2D eigenvalue weighted by Gasteiger charge is 2.70. The average molecular weight is 340 g/mol. The molecule has 1 aromatic carbocycles. The highest BCUT2D eigenvalue weighted by Crippen LogP contribution is 2.66. The van der Waals surface area contributed by atoms with Gasteiger partial charge in [-0.25, -0.2) is 0 Å². The molecule has 5 nitrogen and oxygen atoms in total. The molecule has 4 aliphatic rings. The first kappa shape index (κ1) is 15.4. The second kappa shape index (κ2) is 4.65. The Labute approximate surface area is 147 Å². The zero-order valence-corrected chi connectivity index (χ0v) is 14.7. The summed E-state index contributed by atoms with van der Waals surface area (Å²) in [5, 5.41) is 10.9. The van der Waals surface area contributed by atoms with E-state index >= 15 is 0 Å². The molecule has 1 saturated heterocycles. The molecule has 2 aliphatic heterocycles.